The molecule has 0 heterocycles. The molecule has 0 amide bonds. The van der Waals surface area contributed by atoms with Crippen LogP contribution in [0, 0.1) is 0 Å². The average molecular weight is 789 g/mol. The van der Waals surface area contributed by atoms with Crippen LogP contribution in [0.15, 0.2) is 105 Å². The molecule has 0 aliphatic heterocycles. The molecule has 0 aromatic heterocycles. The Morgan fingerprint density at radius 3 is 1.30 bits per heavy atom. The van der Waals surface area contributed by atoms with Crippen molar-refractivity contribution in [2.75, 3.05) is 0 Å². The van der Waals surface area contributed by atoms with Crippen LogP contribution in [-0.2, 0) is 20.4 Å². The molecule has 4 aromatic rings. The summed E-state index contributed by atoms with van der Waals surface area (Å²) in [6.45, 7) is 10.0. The van der Waals surface area contributed by atoms with Gasteiger partial charge in [-0.3, -0.25) is 0 Å². The van der Waals surface area contributed by atoms with Crippen molar-refractivity contribution in [1.29, 1.82) is 0 Å². The van der Waals surface area contributed by atoms with E-state index in [1.54, 1.807) is 22.3 Å². The zero-order chi connectivity index (χ0) is 26.6. The fourth-order valence-corrected chi connectivity index (χ4v) is 27.7. The molecule has 6 rings (SSSR count). The van der Waals surface area contributed by atoms with Crippen molar-refractivity contribution in [3.05, 3.63) is 127 Å². The summed E-state index contributed by atoms with van der Waals surface area (Å²) in [6, 6.07) is 31.7. The predicted octanol–water partition coefficient (Wildman–Crippen LogP) is 5.04. The molecule has 0 saturated heterocycles. The van der Waals surface area contributed by atoms with Crippen molar-refractivity contribution < 1.29 is 45.2 Å². The summed E-state index contributed by atoms with van der Waals surface area (Å²) in [5.74, 6) is 0. The first-order chi connectivity index (χ1) is 18.3. The van der Waals surface area contributed by atoms with Gasteiger partial charge in [0.2, 0.25) is 0 Å². The predicted molar refractivity (Wildman–Crippen MR) is 169 cm³/mol. The number of hydrogen-bond acceptors (Lipinski definition) is 0. The van der Waals surface area contributed by atoms with Crippen LogP contribution in [0.25, 0.3) is 34.4 Å². The van der Waals surface area contributed by atoms with Gasteiger partial charge in [-0.25, -0.2) is 0 Å². The number of fused-ring (bicyclic) bond motifs is 2. The van der Waals surface area contributed by atoms with E-state index in [4.69, 9.17) is 0 Å². The van der Waals surface area contributed by atoms with Crippen LogP contribution in [0.4, 0.5) is 0 Å². The van der Waals surface area contributed by atoms with Gasteiger partial charge in [0.05, 0.1) is 0 Å². The van der Waals surface area contributed by atoms with Gasteiger partial charge in [-0.15, -0.1) is 0 Å². The van der Waals surface area contributed by atoms with Crippen LogP contribution in [0.2, 0.25) is 13.1 Å². The van der Waals surface area contributed by atoms with Gasteiger partial charge >= 0.3 is 254 Å². The molecule has 0 fully saturated rings. The summed E-state index contributed by atoms with van der Waals surface area (Å²) in [6.07, 6.45) is 5.05. The number of hydrogen-bond donors (Lipinski definition) is 0. The van der Waals surface area contributed by atoms with Crippen molar-refractivity contribution in [3.63, 3.8) is 0 Å². The summed E-state index contributed by atoms with van der Waals surface area (Å²) >= 11 is 5.13. The van der Waals surface area contributed by atoms with E-state index in [0.29, 0.717) is 7.25 Å². The molecule has 4 aromatic carbocycles. The van der Waals surface area contributed by atoms with Crippen molar-refractivity contribution in [3.8, 4) is 22.3 Å². The third-order valence-corrected chi connectivity index (χ3v) is 29.0. The van der Waals surface area contributed by atoms with Crippen LogP contribution in [0.1, 0.15) is 43.4 Å². The molecule has 2 unspecified atom stereocenters. The first-order valence-electron chi connectivity index (χ1n) is 13.1. The van der Waals surface area contributed by atoms with Gasteiger partial charge in [-0.1, -0.05) is 0 Å². The largest absolute Gasteiger partial charge is 1.00 e. The maximum absolute atomic E-state index is 3.61. The third kappa shape index (κ3) is 5.79. The molecule has 2 atom stereocenters. The first-order valence-corrected chi connectivity index (χ1v) is 23.8. The zero-order valence-corrected chi connectivity index (χ0v) is 31.0. The Balaban J connectivity index is 0.00000185. The van der Waals surface area contributed by atoms with Crippen LogP contribution in [0.5, 0.6) is 0 Å². The Bertz CT molecular complexity index is 1550. The van der Waals surface area contributed by atoms with Gasteiger partial charge in [-0.05, 0) is 0 Å². The van der Waals surface area contributed by atoms with Crippen molar-refractivity contribution in [2.24, 2.45) is 0 Å². The molecule has 40 heavy (non-hydrogen) atoms. The van der Waals surface area contributed by atoms with Crippen LogP contribution in [0.3, 0.4) is 0 Å². The van der Waals surface area contributed by atoms with Gasteiger partial charge in [0.1, 0.15) is 0 Å². The summed E-state index contributed by atoms with van der Waals surface area (Å²) in [7, 11) is 0. The molecular weight excluding hydrogens is 758 g/mol. The number of benzene rings is 4. The van der Waals surface area contributed by atoms with E-state index in [1.165, 1.54) is 33.4 Å². The molecule has 2 aliphatic rings. The topological polar surface area (TPSA) is 0 Å². The quantitative estimate of drug-likeness (QED) is 0.255. The maximum atomic E-state index is 3.61. The molecule has 0 N–H and O–H groups in total. The number of halogens is 4. The Labute approximate surface area is 275 Å². The number of rotatable bonds is 4. The Kier molecular flexibility index (Phi) is 10.5. The smallest absolute Gasteiger partial charge is 1.00 e. The molecule has 6 heteroatoms. The standard InChI is InChI=1S/2C16H12Br.C2H6Si.2ClH.Zr/c2*1-11-9-13-3-2-4-15(16(13)10-11)12-5-7-14(17)8-6-12;1-3-2;;;/h2*2-10H,1H3;1-2H3;2*1H;/q;;;;;+2/p-2. The fourth-order valence-electron chi connectivity index (χ4n) is 6.44. The van der Waals surface area contributed by atoms with Gasteiger partial charge in [0.15, 0.2) is 0 Å². The molecule has 0 saturated carbocycles. The van der Waals surface area contributed by atoms with Crippen molar-refractivity contribution >= 4 is 49.4 Å². The van der Waals surface area contributed by atoms with Gasteiger partial charge in [-0.2, -0.15) is 0 Å². The first kappa shape index (κ1) is 31.9. The SMILES string of the molecule is CC1=Cc2c(-c3ccc(Br)cc3)cccc2[CH]1[Zr+2]([CH]1C(C)=Cc2c(-c3ccc(Br)cc3)cccc21)=[Si](C)C.[Cl-].[Cl-]. The molecule has 0 spiro atoms. The van der Waals surface area contributed by atoms with Crippen LogP contribution in [-0.4, -0.2) is 5.43 Å². The Hall–Kier alpha value is -1.000. The van der Waals surface area contributed by atoms with E-state index in [-0.39, 0.29) is 24.8 Å². The Morgan fingerprint density at radius 1 is 0.575 bits per heavy atom. The van der Waals surface area contributed by atoms with E-state index < -0.39 is 25.8 Å². The maximum Gasteiger partial charge on any atom is -1.00 e. The molecule has 202 valence electrons. The van der Waals surface area contributed by atoms with Crippen LogP contribution >= 0.6 is 31.9 Å². The summed E-state index contributed by atoms with van der Waals surface area (Å²) < 4.78 is 3.54. The Morgan fingerprint density at radius 2 is 0.950 bits per heavy atom. The van der Waals surface area contributed by atoms with E-state index in [9.17, 15) is 0 Å². The second-order valence-electron chi connectivity index (χ2n) is 10.7. The minimum absolute atomic E-state index is 0. The molecule has 0 bridgehead atoms. The second-order valence-corrected chi connectivity index (χ2v) is 30.4. The van der Waals surface area contributed by atoms with E-state index in [1.807, 2.05) is 0 Å². The minimum atomic E-state index is -2.08. The van der Waals surface area contributed by atoms with Crippen molar-refractivity contribution in [2.45, 2.75) is 34.2 Å². The normalized spacial score (nSPS) is 16.4. The summed E-state index contributed by atoms with van der Waals surface area (Å²) in [4.78, 5) is 0. The number of allylic oxidation sites excluding steroid dienone is 2. The second kappa shape index (κ2) is 13.1. The minimum Gasteiger partial charge on any atom is -1.00 e. The summed E-state index contributed by atoms with van der Waals surface area (Å²) in [5, 5.41) is 0. The van der Waals surface area contributed by atoms with Gasteiger partial charge in [0.25, 0.3) is 0 Å². The van der Waals surface area contributed by atoms with E-state index >= 15 is 0 Å². The molecule has 2 aliphatic carbocycles. The third-order valence-electron chi connectivity index (χ3n) is 8.07. The average Bonchev–Trinajstić information content (AvgIpc) is 3.41. The monoisotopic (exact) mass is 784 g/mol. The van der Waals surface area contributed by atoms with Gasteiger partial charge < -0.3 is 24.8 Å². The van der Waals surface area contributed by atoms with Crippen molar-refractivity contribution in [1.82, 2.24) is 0 Å². The summed E-state index contributed by atoms with van der Waals surface area (Å²) in [5.41, 5.74) is 14.2. The van der Waals surface area contributed by atoms with Gasteiger partial charge in [0, 0.05) is 0 Å². The zero-order valence-electron chi connectivity index (χ0n) is 22.9. The van der Waals surface area contributed by atoms with E-state index in [0.717, 1.165) is 8.95 Å². The van der Waals surface area contributed by atoms with Crippen LogP contribution < -0.4 is 24.8 Å². The van der Waals surface area contributed by atoms with E-state index in [2.05, 4.69) is 156 Å². The fraction of sp³-hybridized carbons (Fsp3) is 0.176. The molecule has 0 radical (unpaired) electrons. The molecular formula is C34H30Br2Cl2SiZr. The molecule has 0 nitrogen and oxygen atoms in total.